The van der Waals surface area contributed by atoms with E-state index in [0.717, 1.165) is 12.4 Å². The lowest BCUT2D eigenvalue weighted by molar-refractivity contribution is -1.03. The second-order valence-electron chi connectivity index (χ2n) is 7.16. The molecule has 3 rings (SSSR count). The van der Waals surface area contributed by atoms with E-state index >= 15 is 0 Å². The van der Waals surface area contributed by atoms with Gasteiger partial charge in [-0.1, -0.05) is 32.8 Å². The molecule has 0 bridgehead atoms. The van der Waals surface area contributed by atoms with Crippen LogP contribution in [0.3, 0.4) is 0 Å². The van der Waals surface area contributed by atoms with Crippen LogP contribution >= 0.6 is 0 Å². The van der Waals surface area contributed by atoms with Gasteiger partial charge in [-0.25, -0.2) is 4.68 Å². The Hall–Kier alpha value is -1.27. The molecule has 23 heavy (non-hydrogen) atoms. The largest absolute Gasteiger partial charge is 0.322 e. The zero-order valence-corrected chi connectivity index (χ0v) is 14.5. The SMILES string of the molecule is C=CC[NH+]1CC[NH+]([C@@H](CCC)c2nnnn2C2CCCC2)CC1. The van der Waals surface area contributed by atoms with Gasteiger partial charge in [-0.05, 0) is 29.3 Å². The van der Waals surface area contributed by atoms with Gasteiger partial charge in [-0.3, -0.25) is 0 Å². The predicted octanol–water partition coefficient (Wildman–Crippen LogP) is -0.401. The zero-order valence-electron chi connectivity index (χ0n) is 14.5. The highest BCUT2D eigenvalue weighted by Gasteiger charge is 2.35. The monoisotopic (exact) mass is 320 g/mol. The molecule has 0 aromatic carbocycles. The van der Waals surface area contributed by atoms with Gasteiger partial charge in [-0.2, -0.15) is 0 Å². The quantitative estimate of drug-likeness (QED) is 0.672. The minimum Gasteiger partial charge on any atom is -0.322 e. The van der Waals surface area contributed by atoms with Crippen LogP contribution in [0.4, 0.5) is 0 Å². The van der Waals surface area contributed by atoms with Crippen LogP contribution in [-0.2, 0) is 0 Å². The third-order valence-corrected chi connectivity index (χ3v) is 5.60. The van der Waals surface area contributed by atoms with Crippen LogP contribution in [0, 0.1) is 0 Å². The number of nitrogens with zero attached hydrogens (tertiary/aromatic N) is 4. The predicted molar refractivity (Wildman–Crippen MR) is 89.4 cm³/mol. The summed E-state index contributed by atoms with van der Waals surface area (Å²) in [5.74, 6) is 1.14. The van der Waals surface area contributed by atoms with Gasteiger partial charge in [0.15, 0.2) is 0 Å². The fourth-order valence-corrected chi connectivity index (χ4v) is 4.32. The van der Waals surface area contributed by atoms with E-state index in [9.17, 15) is 0 Å². The average molecular weight is 320 g/mol. The lowest BCUT2D eigenvalue weighted by Gasteiger charge is -2.34. The summed E-state index contributed by atoms with van der Waals surface area (Å²) in [6.07, 6.45) is 9.53. The number of nitrogens with one attached hydrogen (secondary N) is 2. The molecule has 1 saturated heterocycles. The second kappa shape index (κ2) is 8.02. The minimum absolute atomic E-state index is 0.459. The molecule has 1 aromatic rings. The summed E-state index contributed by atoms with van der Waals surface area (Å²) in [5.41, 5.74) is 0. The summed E-state index contributed by atoms with van der Waals surface area (Å²) >= 11 is 0. The molecule has 0 radical (unpaired) electrons. The van der Waals surface area contributed by atoms with Gasteiger partial charge in [-0.15, -0.1) is 5.10 Å². The van der Waals surface area contributed by atoms with Crippen molar-refractivity contribution in [1.29, 1.82) is 0 Å². The van der Waals surface area contributed by atoms with Crippen LogP contribution in [0.25, 0.3) is 0 Å². The van der Waals surface area contributed by atoms with Gasteiger partial charge in [0.2, 0.25) is 5.82 Å². The molecule has 1 aromatic heterocycles. The van der Waals surface area contributed by atoms with Crippen molar-refractivity contribution in [2.75, 3.05) is 32.7 Å². The third kappa shape index (κ3) is 3.80. The van der Waals surface area contributed by atoms with Crippen molar-refractivity contribution in [2.45, 2.75) is 57.5 Å². The number of quaternary nitrogens is 2. The first-order valence-corrected chi connectivity index (χ1v) is 9.40. The third-order valence-electron chi connectivity index (χ3n) is 5.60. The molecule has 2 fully saturated rings. The fraction of sp³-hybridized carbons (Fsp3) is 0.824. The molecule has 1 aliphatic heterocycles. The van der Waals surface area contributed by atoms with E-state index in [0.29, 0.717) is 12.1 Å². The summed E-state index contributed by atoms with van der Waals surface area (Å²) in [4.78, 5) is 3.34. The lowest BCUT2D eigenvalue weighted by Crippen LogP contribution is -3.28. The molecule has 1 atom stereocenters. The van der Waals surface area contributed by atoms with Crippen LogP contribution in [0.5, 0.6) is 0 Å². The van der Waals surface area contributed by atoms with Gasteiger partial charge in [0.05, 0.1) is 12.6 Å². The Labute approximate surface area is 139 Å². The standard InChI is InChI=1S/C17H30N6/c1-3-7-16(22-13-11-21(10-4-2)12-14-22)17-18-19-20-23(17)15-8-5-6-9-15/h4,15-16H,2-3,5-14H2,1H3/p+2/t16-/m0/s1. The fourth-order valence-electron chi connectivity index (χ4n) is 4.32. The highest BCUT2D eigenvalue weighted by Crippen LogP contribution is 2.30. The highest BCUT2D eigenvalue weighted by molar-refractivity contribution is 4.91. The molecule has 1 aliphatic carbocycles. The van der Waals surface area contributed by atoms with E-state index in [4.69, 9.17) is 0 Å². The maximum Gasteiger partial charge on any atom is 0.209 e. The number of hydrogen-bond donors (Lipinski definition) is 2. The molecule has 6 nitrogen and oxygen atoms in total. The Morgan fingerprint density at radius 2 is 2.00 bits per heavy atom. The molecule has 6 heteroatoms. The van der Waals surface area contributed by atoms with Crippen molar-refractivity contribution in [3.8, 4) is 0 Å². The van der Waals surface area contributed by atoms with Crippen LogP contribution in [-0.4, -0.2) is 52.9 Å². The summed E-state index contributed by atoms with van der Waals surface area (Å²) in [7, 11) is 0. The van der Waals surface area contributed by atoms with Crippen molar-refractivity contribution in [3.05, 3.63) is 18.5 Å². The normalized spacial score (nSPS) is 27.2. The number of piperazine rings is 1. The first-order chi connectivity index (χ1) is 11.3. The summed E-state index contributed by atoms with van der Waals surface area (Å²) in [6, 6.07) is 0.993. The summed E-state index contributed by atoms with van der Waals surface area (Å²) in [6.45, 7) is 12.1. The maximum atomic E-state index is 4.47. The Morgan fingerprint density at radius 3 is 2.65 bits per heavy atom. The molecule has 0 amide bonds. The van der Waals surface area contributed by atoms with E-state index < -0.39 is 0 Å². The smallest absolute Gasteiger partial charge is 0.209 e. The minimum atomic E-state index is 0.459. The molecule has 0 spiro atoms. The maximum absolute atomic E-state index is 4.47. The molecular weight excluding hydrogens is 288 g/mol. The van der Waals surface area contributed by atoms with Crippen molar-refractivity contribution in [2.24, 2.45) is 0 Å². The highest BCUT2D eigenvalue weighted by atomic mass is 15.6. The van der Waals surface area contributed by atoms with Gasteiger partial charge in [0, 0.05) is 6.42 Å². The van der Waals surface area contributed by atoms with Crippen molar-refractivity contribution < 1.29 is 9.80 Å². The molecule has 1 saturated carbocycles. The van der Waals surface area contributed by atoms with E-state index in [2.05, 4.69) is 33.7 Å². The first-order valence-electron chi connectivity index (χ1n) is 9.40. The summed E-state index contributed by atoms with van der Waals surface area (Å²) in [5, 5.41) is 12.9. The first kappa shape index (κ1) is 16.6. The van der Waals surface area contributed by atoms with E-state index in [1.807, 2.05) is 6.08 Å². The van der Waals surface area contributed by atoms with Crippen LogP contribution in [0.2, 0.25) is 0 Å². The van der Waals surface area contributed by atoms with Crippen LogP contribution in [0.1, 0.15) is 63.4 Å². The van der Waals surface area contributed by atoms with Gasteiger partial charge >= 0.3 is 0 Å². The molecular formula is C17H32N6+2. The molecule has 2 N–H and O–H groups in total. The van der Waals surface area contributed by atoms with Crippen LogP contribution in [0.15, 0.2) is 12.7 Å². The number of aromatic nitrogens is 4. The Balaban J connectivity index is 1.72. The second-order valence-corrected chi connectivity index (χ2v) is 7.16. The molecule has 128 valence electrons. The van der Waals surface area contributed by atoms with Gasteiger partial charge in [0.25, 0.3) is 0 Å². The zero-order chi connectivity index (χ0) is 16.1. The van der Waals surface area contributed by atoms with Gasteiger partial charge < -0.3 is 9.80 Å². The van der Waals surface area contributed by atoms with Crippen molar-refractivity contribution >= 4 is 0 Å². The van der Waals surface area contributed by atoms with Crippen molar-refractivity contribution in [3.63, 3.8) is 0 Å². The molecule has 2 heterocycles. The van der Waals surface area contributed by atoms with E-state index in [1.165, 1.54) is 64.7 Å². The molecule has 2 aliphatic rings. The van der Waals surface area contributed by atoms with Gasteiger partial charge in [0.1, 0.15) is 32.2 Å². The number of rotatable bonds is 7. The molecule has 0 unspecified atom stereocenters. The Kier molecular flexibility index (Phi) is 5.78. The Bertz CT molecular complexity index is 485. The van der Waals surface area contributed by atoms with Crippen molar-refractivity contribution in [1.82, 2.24) is 20.2 Å². The number of hydrogen-bond acceptors (Lipinski definition) is 3. The number of tetrazole rings is 1. The van der Waals surface area contributed by atoms with E-state index in [1.54, 1.807) is 9.80 Å². The topological polar surface area (TPSA) is 52.5 Å². The van der Waals surface area contributed by atoms with E-state index in [-0.39, 0.29) is 0 Å². The lowest BCUT2D eigenvalue weighted by atomic mass is 10.1. The Morgan fingerprint density at radius 1 is 1.26 bits per heavy atom. The summed E-state index contributed by atoms with van der Waals surface area (Å²) < 4.78 is 2.17. The average Bonchev–Trinajstić information content (AvgIpc) is 3.25. The van der Waals surface area contributed by atoms with Crippen LogP contribution < -0.4 is 9.80 Å².